The van der Waals surface area contributed by atoms with Crippen molar-refractivity contribution in [3.63, 3.8) is 0 Å². The normalized spacial score (nSPS) is 10.6. The van der Waals surface area contributed by atoms with Crippen LogP contribution in [0.15, 0.2) is 48.5 Å². The van der Waals surface area contributed by atoms with Gasteiger partial charge in [0, 0.05) is 24.2 Å². The summed E-state index contributed by atoms with van der Waals surface area (Å²) in [6, 6.07) is 15.3. The van der Waals surface area contributed by atoms with E-state index in [1.165, 1.54) is 0 Å². The number of aryl methyl sites for hydroxylation is 1. The molecule has 0 spiro atoms. The summed E-state index contributed by atoms with van der Waals surface area (Å²) in [7, 11) is 0. The average molecular weight is 424 g/mol. The monoisotopic (exact) mass is 423 g/mol. The maximum absolute atomic E-state index is 12.5. The van der Waals surface area contributed by atoms with Crippen LogP contribution >= 0.6 is 12.2 Å². The first kappa shape index (κ1) is 21.4. The van der Waals surface area contributed by atoms with Crippen LogP contribution in [0.2, 0.25) is 0 Å². The molecule has 0 aliphatic heterocycles. The van der Waals surface area contributed by atoms with Crippen molar-refractivity contribution in [2.24, 2.45) is 0 Å². The molecule has 0 bridgehead atoms. The SMILES string of the molecule is CCCC(=O)Nc1ccc(CNC(=O)Cn2c(-c3cccc(C)c3)n[nH]c2=S)cc1. The quantitative estimate of drug-likeness (QED) is 0.478. The second kappa shape index (κ2) is 9.98. The van der Waals surface area contributed by atoms with Crippen molar-refractivity contribution >= 4 is 29.7 Å². The van der Waals surface area contributed by atoms with E-state index in [0.717, 1.165) is 28.8 Å². The molecule has 0 saturated heterocycles. The minimum absolute atomic E-state index is 0.000164. The standard InChI is InChI=1S/C22H25N5O2S/c1-3-5-19(28)24-18-10-8-16(9-11-18)13-23-20(29)14-27-21(25-26-22(27)30)17-7-4-6-15(2)12-17/h4,6-12H,3,5,13-14H2,1-2H3,(H,23,29)(H,24,28)(H,26,30). The number of anilines is 1. The van der Waals surface area contributed by atoms with Gasteiger partial charge in [0.25, 0.3) is 0 Å². The number of hydrogen-bond acceptors (Lipinski definition) is 4. The Labute approximate surface area is 180 Å². The van der Waals surface area contributed by atoms with Gasteiger partial charge >= 0.3 is 0 Å². The van der Waals surface area contributed by atoms with Crippen molar-refractivity contribution in [3.8, 4) is 11.4 Å². The molecule has 0 radical (unpaired) electrons. The Bertz CT molecular complexity index is 1090. The van der Waals surface area contributed by atoms with Crippen LogP contribution in [-0.2, 0) is 22.7 Å². The number of carbonyl (C=O) groups excluding carboxylic acids is 2. The average Bonchev–Trinajstić information content (AvgIpc) is 3.08. The van der Waals surface area contributed by atoms with E-state index < -0.39 is 0 Å². The van der Waals surface area contributed by atoms with Gasteiger partial charge in [-0.3, -0.25) is 19.3 Å². The summed E-state index contributed by atoms with van der Waals surface area (Å²) in [5.41, 5.74) is 3.69. The summed E-state index contributed by atoms with van der Waals surface area (Å²) in [5, 5.41) is 12.8. The minimum atomic E-state index is -0.165. The van der Waals surface area contributed by atoms with E-state index in [9.17, 15) is 9.59 Å². The molecule has 8 heteroatoms. The van der Waals surface area contributed by atoms with Gasteiger partial charge in [-0.15, -0.1) is 0 Å². The second-order valence-corrected chi connectivity index (χ2v) is 7.47. The number of nitrogens with one attached hydrogen (secondary N) is 3. The highest BCUT2D eigenvalue weighted by molar-refractivity contribution is 7.71. The van der Waals surface area contributed by atoms with Crippen molar-refractivity contribution in [1.82, 2.24) is 20.1 Å². The lowest BCUT2D eigenvalue weighted by molar-refractivity contribution is -0.121. The Morgan fingerprint density at radius 2 is 1.90 bits per heavy atom. The topological polar surface area (TPSA) is 91.8 Å². The lowest BCUT2D eigenvalue weighted by Gasteiger charge is -2.10. The van der Waals surface area contributed by atoms with Crippen molar-refractivity contribution in [2.45, 2.75) is 39.8 Å². The molecule has 2 amide bonds. The number of nitrogens with zero attached hydrogens (tertiary/aromatic N) is 2. The van der Waals surface area contributed by atoms with Crippen LogP contribution in [0.5, 0.6) is 0 Å². The predicted octanol–water partition coefficient (Wildman–Crippen LogP) is 3.97. The number of rotatable bonds is 8. The summed E-state index contributed by atoms with van der Waals surface area (Å²) < 4.78 is 2.08. The fourth-order valence-corrected chi connectivity index (χ4v) is 3.22. The third kappa shape index (κ3) is 5.64. The van der Waals surface area contributed by atoms with Gasteiger partial charge in [-0.05, 0) is 49.3 Å². The highest BCUT2D eigenvalue weighted by atomic mass is 32.1. The Balaban J connectivity index is 1.60. The number of carbonyl (C=O) groups is 2. The van der Waals surface area contributed by atoms with Gasteiger partial charge in [0.2, 0.25) is 11.8 Å². The summed E-state index contributed by atoms with van der Waals surface area (Å²) in [4.78, 5) is 24.1. The summed E-state index contributed by atoms with van der Waals surface area (Å²) in [6.45, 7) is 4.42. The van der Waals surface area contributed by atoms with Gasteiger partial charge in [-0.25, -0.2) is 0 Å². The molecule has 0 aliphatic rings. The molecule has 0 saturated carbocycles. The van der Waals surface area contributed by atoms with Crippen LogP contribution in [0.1, 0.15) is 30.9 Å². The van der Waals surface area contributed by atoms with E-state index in [1.54, 1.807) is 4.57 Å². The fourth-order valence-electron chi connectivity index (χ4n) is 3.03. The van der Waals surface area contributed by atoms with E-state index in [2.05, 4.69) is 20.8 Å². The Hall–Kier alpha value is -3.26. The lowest BCUT2D eigenvalue weighted by Crippen LogP contribution is -2.27. The number of aromatic nitrogens is 3. The number of amides is 2. The van der Waals surface area contributed by atoms with Crippen molar-refractivity contribution in [2.75, 3.05) is 5.32 Å². The fraction of sp³-hybridized carbons (Fsp3) is 0.273. The zero-order valence-corrected chi connectivity index (χ0v) is 17.9. The first-order chi connectivity index (χ1) is 14.5. The van der Waals surface area contributed by atoms with Crippen LogP contribution in [0.3, 0.4) is 0 Å². The predicted molar refractivity (Wildman–Crippen MR) is 119 cm³/mol. The van der Waals surface area contributed by atoms with Crippen LogP contribution in [-0.4, -0.2) is 26.6 Å². The van der Waals surface area contributed by atoms with Crippen LogP contribution < -0.4 is 10.6 Å². The molecule has 156 valence electrons. The maximum atomic E-state index is 12.5. The molecular formula is C22H25N5O2S. The Morgan fingerprint density at radius 3 is 2.60 bits per heavy atom. The van der Waals surface area contributed by atoms with E-state index in [-0.39, 0.29) is 18.4 Å². The smallest absolute Gasteiger partial charge is 0.240 e. The molecule has 0 aliphatic carbocycles. The molecule has 1 heterocycles. The van der Waals surface area contributed by atoms with Crippen LogP contribution in [0, 0.1) is 11.7 Å². The largest absolute Gasteiger partial charge is 0.350 e. The van der Waals surface area contributed by atoms with Crippen LogP contribution in [0.4, 0.5) is 5.69 Å². The number of H-pyrrole nitrogens is 1. The van der Waals surface area contributed by atoms with Gasteiger partial charge in [-0.1, -0.05) is 42.8 Å². The molecule has 3 N–H and O–H groups in total. The summed E-state index contributed by atoms with van der Waals surface area (Å²) >= 11 is 5.30. The highest BCUT2D eigenvalue weighted by Gasteiger charge is 2.12. The molecular weight excluding hydrogens is 398 g/mol. The first-order valence-electron chi connectivity index (χ1n) is 9.84. The highest BCUT2D eigenvalue weighted by Crippen LogP contribution is 2.18. The molecule has 0 fully saturated rings. The molecule has 30 heavy (non-hydrogen) atoms. The lowest BCUT2D eigenvalue weighted by atomic mass is 10.1. The Morgan fingerprint density at radius 1 is 1.13 bits per heavy atom. The zero-order valence-electron chi connectivity index (χ0n) is 17.1. The molecule has 1 aromatic heterocycles. The van der Waals surface area contributed by atoms with Gasteiger partial charge < -0.3 is 10.6 Å². The molecule has 3 aromatic rings. The van der Waals surface area contributed by atoms with Crippen molar-refractivity contribution < 1.29 is 9.59 Å². The first-order valence-corrected chi connectivity index (χ1v) is 10.2. The minimum Gasteiger partial charge on any atom is -0.350 e. The van der Waals surface area contributed by atoms with Crippen molar-refractivity contribution in [1.29, 1.82) is 0 Å². The molecule has 2 aromatic carbocycles. The van der Waals surface area contributed by atoms with E-state index in [0.29, 0.717) is 23.6 Å². The molecule has 7 nitrogen and oxygen atoms in total. The molecule has 3 rings (SSSR count). The maximum Gasteiger partial charge on any atom is 0.240 e. The summed E-state index contributed by atoms with van der Waals surface area (Å²) in [6.07, 6.45) is 1.31. The number of aromatic amines is 1. The number of benzene rings is 2. The van der Waals surface area contributed by atoms with Crippen LogP contribution in [0.25, 0.3) is 11.4 Å². The van der Waals surface area contributed by atoms with Gasteiger partial charge in [0.1, 0.15) is 6.54 Å². The van der Waals surface area contributed by atoms with E-state index >= 15 is 0 Å². The van der Waals surface area contributed by atoms with Gasteiger partial charge in [0.15, 0.2) is 10.6 Å². The third-order valence-electron chi connectivity index (χ3n) is 4.54. The zero-order chi connectivity index (χ0) is 21.5. The second-order valence-electron chi connectivity index (χ2n) is 7.08. The van der Waals surface area contributed by atoms with E-state index in [4.69, 9.17) is 12.2 Å². The van der Waals surface area contributed by atoms with Crippen molar-refractivity contribution in [3.05, 3.63) is 64.4 Å². The number of hydrogen-bond donors (Lipinski definition) is 3. The van der Waals surface area contributed by atoms with Gasteiger partial charge in [-0.2, -0.15) is 5.10 Å². The van der Waals surface area contributed by atoms with Gasteiger partial charge in [0.05, 0.1) is 0 Å². The third-order valence-corrected chi connectivity index (χ3v) is 4.85. The van der Waals surface area contributed by atoms with E-state index in [1.807, 2.05) is 62.4 Å². The Kier molecular flexibility index (Phi) is 7.13. The summed E-state index contributed by atoms with van der Waals surface area (Å²) in [5.74, 6) is 0.465. The molecule has 0 atom stereocenters. The molecule has 0 unspecified atom stereocenters.